The van der Waals surface area contributed by atoms with Crippen LogP contribution in [0, 0.1) is 5.41 Å². The van der Waals surface area contributed by atoms with Gasteiger partial charge in [0, 0.05) is 31.7 Å². The maximum Gasteiger partial charge on any atom is 0.272 e. The van der Waals surface area contributed by atoms with Crippen LogP contribution in [0.25, 0.3) is 0 Å². The van der Waals surface area contributed by atoms with E-state index in [1.807, 2.05) is 0 Å². The van der Waals surface area contributed by atoms with Crippen LogP contribution in [0.4, 0.5) is 0 Å². The molecule has 1 unspecified atom stereocenters. The quantitative estimate of drug-likeness (QED) is 0.720. The van der Waals surface area contributed by atoms with E-state index in [-0.39, 0.29) is 12.0 Å². The molecule has 0 radical (unpaired) electrons. The van der Waals surface area contributed by atoms with Crippen molar-refractivity contribution in [1.29, 1.82) is 0 Å². The van der Waals surface area contributed by atoms with Crippen molar-refractivity contribution in [2.24, 2.45) is 5.41 Å². The maximum absolute atomic E-state index is 12.0. The highest BCUT2D eigenvalue weighted by atomic mass is 32.2. The molecule has 0 amide bonds. The fraction of sp³-hybridized carbons (Fsp3) is 1.00. The van der Waals surface area contributed by atoms with Crippen molar-refractivity contribution in [3.8, 4) is 0 Å². The Labute approximate surface area is 96.6 Å². The summed E-state index contributed by atoms with van der Waals surface area (Å²) >= 11 is 0. The predicted octanol–water partition coefficient (Wildman–Crippen LogP) is 0.121. The van der Waals surface area contributed by atoms with Gasteiger partial charge in [0.2, 0.25) is 0 Å². The molecule has 94 valence electrons. The lowest BCUT2D eigenvalue weighted by Gasteiger charge is -2.36. The molecule has 0 saturated carbocycles. The summed E-state index contributed by atoms with van der Waals surface area (Å²) in [6.45, 7) is 4.48. The molecule has 1 N–H and O–H groups in total. The van der Waals surface area contributed by atoms with Gasteiger partial charge in [-0.25, -0.2) is 0 Å². The summed E-state index contributed by atoms with van der Waals surface area (Å²) in [6, 6.07) is 0. The van der Waals surface area contributed by atoms with Crippen LogP contribution in [0.3, 0.4) is 0 Å². The summed E-state index contributed by atoms with van der Waals surface area (Å²) < 4.78 is 34.3. The molecule has 1 spiro atoms. The second-order valence-corrected chi connectivity index (χ2v) is 6.28. The molecule has 2 fully saturated rings. The van der Waals surface area contributed by atoms with Gasteiger partial charge in [0.05, 0.1) is 6.61 Å². The molecule has 0 aliphatic carbocycles. The standard InChI is InChI=1S/C10H19NO4S/c1-2-15-16(12,13)9-7-11-8-10(9)3-5-14-6-4-10/h9,11H,2-8H2,1H3. The van der Waals surface area contributed by atoms with E-state index in [1.165, 1.54) is 0 Å². The first-order chi connectivity index (χ1) is 7.61. The summed E-state index contributed by atoms with van der Waals surface area (Å²) in [5, 5.41) is 2.77. The molecule has 0 aromatic rings. The minimum absolute atomic E-state index is 0.174. The molecule has 0 aromatic heterocycles. The highest BCUT2D eigenvalue weighted by Crippen LogP contribution is 2.40. The topological polar surface area (TPSA) is 64.6 Å². The third-order valence-electron chi connectivity index (χ3n) is 3.61. The van der Waals surface area contributed by atoms with Crippen LogP contribution in [0.5, 0.6) is 0 Å². The zero-order chi connectivity index (χ0) is 11.6. The maximum atomic E-state index is 12.0. The molecule has 0 aromatic carbocycles. The Kier molecular flexibility index (Phi) is 3.53. The van der Waals surface area contributed by atoms with Crippen molar-refractivity contribution < 1.29 is 17.3 Å². The average molecular weight is 249 g/mol. The summed E-state index contributed by atoms with van der Waals surface area (Å²) in [5.41, 5.74) is -0.174. The molecule has 2 heterocycles. The normalized spacial score (nSPS) is 29.7. The number of hydrogen-bond donors (Lipinski definition) is 1. The van der Waals surface area contributed by atoms with Gasteiger partial charge in [-0.05, 0) is 19.8 Å². The molecular weight excluding hydrogens is 230 g/mol. The summed E-state index contributed by atoms with van der Waals surface area (Å²) in [4.78, 5) is 0. The van der Waals surface area contributed by atoms with E-state index >= 15 is 0 Å². The van der Waals surface area contributed by atoms with E-state index < -0.39 is 15.4 Å². The van der Waals surface area contributed by atoms with Gasteiger partial charge in [-0.3, -0.25) is 4.18 Å². The van der Waals surface area contributed by atoms with Crippen LogP contribution >= 0.6 is 0 Å². The Balaban J connectivity index is 2.19. The lowest BCUT2D eigenvalue weighted by atomic mass is 9.79. The highest BCUT2D eigenvalue weighted by Gasteiger charge is 2.50. The molecule has 1 atom stereocenters. The Hall–Kier alpha value is -0.170. The minimum Gasteiger partial charge on any atom is -0.381 e. The van der Waals surface area contributed by atoms with E-state index in [0.717, 1.165) is 19.4 Å². The van der Waals surface area contributed by atoms with Gasteiger partial charge < -0.3 is 10.1 Å². The van der Waals surface area contributed by atoms with Crippen LogP contribution in [0.15, 0.2) is 0 Å². The third-order valence-corrected chi connectivity index (χ3v) is 5.54. The van der Waals surface area contributed by atoms with Crippen LogP contribution < -0.4 is 5.32 Å². The summed E-state index contributed by atoms with van der Waals surface area (Å²) in [5.74, 6) is 0. The fourth-order valence-corrected chi connectivity index (χ4v) is 4.46. The van der Waals surface area contributed by atoms with Crippen molar-refractivity contribution in [2.75, 3.05) is 32.9 Å². The van der Waals surface area contributed by atoms with Gasteiger partial charge in [-0.1, -0.05) is 0 Å². The Morgan fingerprint density at radius 1 is 1.44 bits per heavy atom. The van der Waals surface area contributed by atoms with Crippen molar-refractivity contribution in [2.45, 2.75) is 25.0 Å². The lowest BCUT2D eigenvalue weighted by Crippen LogP contribution is -2.44. The molecule has 2 rings (SSSR count). The second kappa shape index (κ2) is 4.60. The van der Waals surface area contributed by atoms with E-state index in [1.54, 1.807) is 6.92 Å². The van der Waals surface area contributed by atoms with E-state index in [0.29, 0.717) is 19.8 Å². The van der Waals surface area contributed by atoms with Crippen LogP contribution in [0.2, 0.25) is 0 Å². The largest absolute Gasteiger partial charge is 0.381 e. The second-order valence-electron chi connectivity index (χ2n) is 4.49. The summed E-state index contributed by atoms with van der Waals surface area (Å²) in [6.07, 6.45) is 1.61. The number of nitrogens with one attached hydrogen (secondary N) is 1. The molecule has 0 bridgehead atoms. The van der Waals surface area contributed by atoms with E-state index in [2.05, 4.69) is 5.32 Å². The minimum atomic E-state index is -3.44. The smallest absolute Gasteiger partial charge is 0.272 e. The Morgan fingerprint density at radius 2 is 2.12 bits per heavy atom. The molecule has 2 aliphatic rings. The van der Waals surface area contributed by atoms with E-state index in [9.17, 15) is 8.42 Å². The molecular formula is C10H19NO4S. The van der Waals surface area contributed by atoms with Crippen LogP contribution in [-0.2, 0) is 19.0 Å². The highest BCUT2D eigenvalue weighted by molar-refractivity contribution is 7.87. The van der Waals surface area contributed by atoms with Gasteiger partial charge in [0.25, 0.3) is 10.1 Å². The fourth-order valence-electron chi connectivity index (χ4n) is 2.71. The third kappa shape index (κ3) is 2.11. The average Bonchev–Trinajstić information content (AvgIpc) is 2.63. The van der Waals surface area contributed by atoms with Crippen LogP contribution in [-0.4, -0.2) is 46.6 Å². The molecule has 2 aliphatic heterocycles. The first kappa shape index (κ1) is 12.3. The first-order valence-corrected chi connectivity index (χ1v) is 7.24. The van der Waals surface area contributed by atoms with Crippen molar-refractivity contribution in [1.82, 2.24) is 5.32 Å². The van der Waals surface area contributed by atoms with Crippen molar-refractivity contribution >= 4 is 10.1 Å². The number of hydrogen-bond acceptors (Lipinski definition) is 5. The SMILES string of the molecule is CCOS(=O)(=O)C1CNCC12CCOCC2. The monoisotopic (exact) mass is 249 g/mol. The van der Waals surface area contributed by atoms with Gasteiger partial charge in [-0.2, -0.15) is 8.42 Å². The zero-order valence-electron chi connectivity index (χ0n) is 9.57. The van der Waals surface area contributed by atoms with Gasteiger partial charge >= 0.3 is 0 Å². The summed E-state index contributed by atoms with van der Waals surface area (Å²) in [7, 11) is -3.44. The predicted molar refractivity (Wildman–Crippen MR) is 59.7 cm³/mol. The molecule has 16 heavy (non-hydrogen) atoms. The van der Waals surface area contributed by atoms with Crippen molar-refractivity contribution in [3.63, 3.8) is 0 Å². The molecule has 5 nitrogen and oxygen atoms in total. The van der Waals surface area contributed by atoms with E-state index in [4.69, 9.17) is 8.92 Å². The van der Waals surface area contributed by atoms with Crippen molar-refractivity contribution in [3.05, 3.63) is 0 Å². The van der Waals surface area contributed by atoms with Gasteiger partial charge in [-0.15, -0.1) is 0 Å². The lowest BCUT2D eigenvalue weighted by molar-refractivity contribution is 0.0247. The number of rotatable bonds is 3. The van der Waals surface area contributed by atoms with Gasteiger partial charge in [0.1, 0.15) is 5.25 Å². The first-order valence-electron chi connectivity index (χ1n) is 5.77. The number of ether oxygens (including phenoxy) is 1. The molecule has 6 heteroatoms. The van der Waals surface area contributed by atoms with Gasteiger partial charge in [0.15, 0.2) is 0 Å². The Bertz CT molecular complexity index is 335. The Morgan fingerprint density at radius 3 is 2.75 bits per heavy atom. The molecule has 2 saturated heterocycles. The zero-order valence-corrected chi connectivity index (χ0v) is 10.4. The van der Waals surface area contributed by atoms with Crippen LogP contribution in [0.1, 0.15) is 19.8 Å².